The maximum atomic E-state index is 10.7. The second kappa shape index (κ2) is 5.46. The Morgan fingerprint density at radius 1 is 1.50 bits per heavy atom. The molecule has 0 aliphatic carbocycles. The lowest BCUT2D eigenvalue weighted by molar-refractivity contribution is 0.0660. The van der Waals surface area contributed by atoms with Gasteiger partial charge in [0.1, 0.15) is 5.76 Å². The van der Waals surface area contributed by atoms with E-state index in [2.05, 4.69) is 10.3 Å². The third-order valence-corrected chi connectivity index (χ3v) is 2.64. The van der Waals surface area contributed by atoms with E-state index in [0.717, 1.165) is 5.56 Å². The summed E-state index contributed by atoms with van der Waals surface area (Å²) < 4.78 is 5.15. The highest BCUT2D eigenvalue weighted by atomic mass is 16.4. The van der Waals surface area contributed by atoms with E-state index in [0.29, 0.717) is 12.3 Å². The molecule has 2 rings (SSSR count). The Labute approximate surface area is 104 Å². The van der Waals surface area contributed by atoms with Crippen molar-refractivity contribution < 1.29 is 14.3 Å². The summed E-state index contributed by atoms with van der Waals surface area (Å²) in [6.07, 6.45) is 3.52. The molecule has 1 atom stereocenters. The first-order chi connectivity index (χ1) is 8.66. The summed E-state index contributed by atoms with van der Waals surface area (Å²) in [6.45, 7) is 2.49. The molecule has 0 aromatic carbocycles. The Bertz CT molecular complexity index is 522. The van der Waals surface area contributed by atoms with Crippen molar-refractivity contribution in [1.82, 2.24) is 10.3 Å². The molecule has 5 heteroatoms. The van der Waals surface area contributed by atoms with Gasteiger partial charge in [0.15, 0.2) is 0 Å². The highest BCUT2D eigenvalue weighted by molar-refractivity contribution is 5.84. The van der Waals surface area contributed by atoms with E-state index in [1.165, 1.54) is 6.07 Å². The van der Waals surface area contributed by atoms with Crippen LogP contribution in [0.5, 0.6) is 0 Å². The van der Waals surface area contributed by atoms with Gasteiger partial charge in [-0.1, -0.05) is 6.07 Å². The summed E-state index contributed by atoms with van der Waals surface area (Å²) >= 11 is 0. The van der Waals surface area contributed by atoms with E-state index in [1.54, 1.807) is 18.5 Å². The number of pyridine rings is 1. The van der Waals surface area contributed by atoms with Crippen LogP contribution in [0.15, 0.2) is 41.1 Å². The zero-order chi connectivity index (χ0) is 13.0. The number of hydrogen-bond acceptors (Lipinski definition) is 4. The first-order valence-corrected chi connectivity index (χ1v) is 5.62. The number of carbonyl (C=O) groups is 1. The third kappa shape index (κ3) is 2.95. The van der Waals surface area contributed by atoms with Gasteiger partial charge in [-0.05, 0) is 30.7 Å². The van der Waals surface area contributed by atoms with Gasteiger partial charge in [-0.3, -0.25) is 4.98 Å². The molecular formula is C13H14N2O3. The number of furan rings is 1. The number of aromatic nitrogens is 1. The Balaban J connectivity index is 1.93. The molecule has 0 fully saturated rings. The van der Waals surface area contributed by atoms with Crippen molar-refractivity contribution in [3.63, 3.8) is 0 Å². The molecule has 94 valence electrons. The predicted octanol–water partition coefficient (Wildman–Crippen LogP) is 2.22. The lowest BCUT2D eigenvalue weighted by Gasteiger charge is -2.12. The minimum Gasteiger partial charge on any atom is -0.475 e. The van der Waals surface area contributed by atoms with Crippen LogP contribution < -0.4 is 5.32 Å². The van der Waals surface area contributed by atoms with Crippen LogP contribution in [0.1, 0.15) is 34.8 Å². The SMILES string of the molecule is CC(NCc1ccc(C(=O)O)o1)c1cccnc1. The molecular weight excluding hydrogens is 232 g/mol. The van der Waals surface area contributed by atoms with Crippen molar-refractivity contribution >= 4 is 5.97 Å². The average Bonchev–Trinajstić information content (AvgIpc) is 2.86. The molecule has 0 spiro atoms. The van der Waals surface area contributed by atoms with Crippen LogP contribution in [0.4, 0.5) is 0 Å². The fourth-order valence-electron chi connectivity index (χ4n) is 1.59. The van der Waals surface area contributed by atoms with Crippen LogP contribution in [-0.4, -0.2) is 16.1 Å². The zero-order valence-electron chi connectivity index (χ0n) is 9.96. The predicted molar refractivity (Wildman–Crippen MR) is 65.2 cm³/mol. The van der Waals surface area contributed by atoms with Crippen LogP contribution in [-0.2, 0) is 6.54 Å². The summed E-state index contributed by atoms with van der Waals surface area (Å²) in [5.41, 5.74) is 1.07. The summed E-state index contributed by atoms with van der Waals surface area (Å²) in [7, 11) is 0. The summed E-state index contributed by atoms with van der Waals surface area (Å²) in [4.78, 5) is 14.7. The number of hydrogen-bond donors (Lipinski definition) is 2. The van der Waals surface area contributed by atoms with Gasteiger partial charge in [-0.15, -0.1) is 0 Å². The van der Waals surface area contributed by atoms with Gasteiger partial charge in [0.2, 0.25) is 5.76 Å². The maximum Gasteiger partial charge on any atom is 0.371 e. The topological polar surface area (TPSA) is 75.4 Å². The zero-order valence-corrected chi connectivity index (χ0v) is 9.96. The fourth-order valence-corrected chi connectivity index (χ4v) is 1.59. The molecule has 2 heterocycles. The monoisotopic (exact) mass is 246 g/mol. The number of nitrogens with zero attached hydrogens (tertiary/aromatic N) is 1. The molecule has 0 aliphatic rings. The fraction of sp³-hybridized carbons (Fsp3) is 0.231. The first-order valence-electron chi connectivity index (χ1n) is 5.62. The Kier molecular flexibility index (Phi) is 3.74. The van der Waals surface area contributed by atoms with Crippen molar-refractivity contribution in [3.05, 3.63) is 53.7 Å². The van der Waals surface area contributed by atoms with Crippen molar-refractivity contribution in [2.45, 2.75) is 19.5 Å². The summed E-state index contributed by atoms with van der Waals surface area (Å²) in [5, 5.41) is 12.0. The molecule has 2 aromatic rings. The molecule has 0 bridgehead atoms. The minimum absolute atomic E-state index is 0.0409. The molecule has 0 saturated carbocycles. The first kappa shape index (κ1) is 12.3. The van der Waals surface area contributed by atoms with Crippen LogP contribution in [0, 0.1) is 0 Å². The number of carboxylic acid groups (broad SMARTS) is 1. The standard InChI is InChI=1S/C13H14N2O3/c1-9(10-3-2-6-14-7-10)15-8-11-4-5-12(18-11)13(16)17/h2-7,9,15H,8H2,1H3,(H,16,17). The number of aromatic carboxylic acids is 1. The van der Waals surface area contributed by atoms with Crippen LogP contribution in [0.3, 0.4) is 0 Å². The molecule has 2 aromatic heterocycles. The van der Waals surface area contributed by atoms with Crippen molar-refractivity contribution in [2.24, 2.45) is 0 Å². The second-order valence-corrected chi connectivity index (χ2v) is 3.96. The number of nitrogens with one attached hydrogen (secondary N) is 1. The lowest BCUT2D eigenvalue weighted by Crippen LogP contribution is -2.17. The van der Waals surface area contributed by atoms with Crippen LogP contribution in [0.25, 0.3) is 0 Å². The molecule has 0 radical (unpaired) electrons. The molecule has 1 unspecified atom stereocenters. The highest BCUT2D eigenvalue weighted by Crippen LogP contribution is 2.12. The molecule has 0 aliphatic heterocycles. The van der Waals surface area contributed by atoms with Crippen LogP contribution >= 0.6 is 0 Å². The lowest BCUT2D eigenvalue weighted by atomic mass is 10.1. The third-order valence-electron chi connectivity index (χ3n) is 2.64. The summed E-state index contributed by atoms with van der Waals surface area (Å²) in [6, 6.07) is 7.09. The highest BCUT2D eigenvalue weighted by Gasteiger charge is 2.10. The van der Waals surface area contributed by atoms with Crippen molar-refractivity contribution in [1.29, 1.82) is 0 Å². The smallest absolute Gasteiger partial charge is 0.371 e. The number of carboxylic acids is 1. The van der Waals surface area contributed by atoms with Crippen molar-refractivity contribution in [2.75, 3.05) is 0 Å². The maximum absolute atomic E-state index is 10.7. The molecule has 0 amide bonds. The van der Waals surface area contributed by atoms with Crippen LogP contribution in [0.2, 0.25) is 0 Å². The number of rotatable bonds is 5. The van der Waals surface area contributed by atoms with E-state index >= 15 is 0 Å². The Morgan fingerprint density at radius 3 is 2.94 bits per heavy atom. The van der Waals surface area contributed by atoms with Gasteiger partial charge in [-0.25, -0.2) is 4.79 Å². The normalized spacial score (nSPS) is 12.3. The van der Waals surface area contributed by atoms with E-state index in [4.69, 9.17) is 9.52 Å². The van der Waals surface area contributed by atoms with Gasteiger partial charge in [0.05, 0.1) is 6.54 Å². The van der Waals surface area contributed by atoms with Crippen molar-refractivity contribution in [3.8, 4) is 0 Å². The molecule has 0 saturated heterocycles. The summed E-state index contributed by atoms with van der Waals surface area (Å²) in [5.74, 6) is -0.495. The van der Waals surface area contributed by atoms with E-state index in [1.807, 2.05) is 19.1 Å². The van der Waals surface area contributed by atoms with Gasteiger partial charge in [0, 0.05) is 18.4 Å². The second-order valence-electron chi connectivity index (χ2n) is 3.96. The molecule has 2 N–H and O–H groups in total. The largest absolute Gasteiger partial charge is 0.475 e. The minimum atomic E-state index is -1.05. The molecule has 5 nitrogen and oxygen atoms in total. The van der Waals surface area contributed by atoms with Gasteiger partial charge in [0.25, 0.3) is 0 Å². The van der Waals surface area contributed by atoms with E-state index < -0.39 is 5.97 Å². The van der Waals surface area contributed by atoms with Gasteiger partial charge >= 0.3 is 5.97 Å². The van der Waals surface area contributed by atoms with E-state index in [9.17, 15) is 4.79 Å². The Morgan fingerprint density at radius 2 is 2.33 bits per heavy atom. The average molecular weight is 246 g/mol. The Hall–Kier alpha value is -2.14. The van der Waals surface area contributed by atoms with Gasteiger partial charge < -0.3 is 14.8 Å². The quantitative estimate of drug-likeness (QED) is 0.846. The van der Waals surface area contributed by atoms with E-state index in [-0.39, 0.29) is 11.8 Å². The molecule has 18 heavy (non-hydrogen) atoms. The van der Waals surface area contributed by atoms with Gasteiger partial charge in [-0.2, -0.15) is 0 Å².